The van der Waals surface area contributed by atoms with Gasteiger partial charge in [-0.05, 0) is 37.6 Å². The molecule has 3 rings (SSSR count). The third kappa shape index (κ3) is 5.48. The van der Waals surface area contributed by atoms with Crippen LogP contribution in [-0.2, 0) is 0 Å². The Balaban J connectivity index is 1.90. The molecule has 9 nitrogen and oxygen atoms in total. The van der Waals surface area contributed by atoms with Crippen LogP contribution in [0, 0.1) is 6.92 Å². The molecule has 0 saturated carbocycles. The molecule has 0 atom stereocenters. The molecule has 4 N–H and O–H groups in total. The molecule has 3 aromatic heterocycles. The summed E-state index contributed by atoms with van der Waals surface area (Å²) in [6.07, 6.45) is 7.95. The molecule has 0 aromatic carbocycles. The topological polar surface area (TPSA) is 121 Å². The number of urea groups is 1. The fourth-order valence-electron chi connectivity index (χ4n) is 2.54. The average molecular weight is 391 g/mol. The van der Waals surface area contributed by atoms with E-state index in [1.54, 1.807) is 43.0 Å². The van der Waals surface area contributed by atoms with E-state index in [-0.39, 0.29) is 11.9 Å². The van der Waals surface area contributed by atoms with E-state index in [1.165, 1.54) is 6.20 Å². The van der Waals surface area contributed by atoms with Crippen molar-refractivity contribution in [3.05, 3.63) is 66.4 Å². The molecular formula is C20H21N7O2. The largest absolute Gasteiger partial charge is 0.353 e. The second-order valence-electron chi connectivity index (χ2n) is 6.17. The number of anilines is 4. The summed E-state index contributed by atoms with van der Waals surface area (Å²) in [5, 5.41) is 11.2. The van der Waals surface area contributed by atoms with E-state index in [0.29, 0.717) is 35.0 Å². The van der Waals surface area contributed by atoms with E-state index < -0.39 is 0 Å². The fraction of sp³-hybridized carbons (Fsp3) is 0.150. The van der Waals surface area contributed by atoms with Crippen LogP contribution in [0.3, 0.4) is 0 Å². The number of carbonyl (C=O) groups is 2. The molecule has 0 spiro atoms. The van der Waals surface area contributed by atoms with E-state index in [9.17, 15) is 9.59 Å². The van der Waals surface area contributed by atoms with E-state index in [4.69, 9.17) is 0 Å². The molecule has 3 heterocycles. The number of aromatic nitrogens is 3. The summed E-state index contributed by atoms with van der Waals surface area (Å²) >= 11 is 0. The predicted molar refractivity (Wildman–Crippen MR) is 111 cm³/mol. The summed E-state index contributed by atoms with van der Waals surface area (Å²) in [5.74, 6) is -0.0600. The van der Waals surface area contributed by atoms with E-state index in [0.717, 1.165) is 5.56 Å². The minimum absolute atomic E-state index is 0.303. The Kier molecular flexibility index (Phi) is 6.31. The Bertz CT molecular complexity index is 1010. The van der Waals surface area contributed by atoms with Crippen molar-refractivity contribution in [1.82, 2.24) is 20.3 Å². The van der Waals surface area contributed by atoms with Crippen LogP contribution in [0.5, 0.6) is 0 Å². The van der Waals surface area contributed by atoms with Crippen LogP contribution in [0.15, 0.2) is 55.2 Å². The first-order chi connectivity index (χ1) is 14.0. The smallest absolute Gasteiger partial charge is 0.320 e. The fourth-order valence-corrected chi connectivity index (χ4v) is 2.54. The van der Waals surface area contributed by atoms with Gasteiger partial charge in [-0.15, -0.1) is 0 Å². The number of aryl methyl sites for hydroxylation is 1. The van der Waals surface area contributed by atoms with E-state index >= 15 is 0 Å². The van der Waals surface area contributed by atoms with Gasteiger partial charge in [-0.1, -0.05) is 0 Å². The summed E-state index contributed by atoms with van der Waals surface area (Å²) in [7, 11) is 0. The SMILES string of the molecule is CCNC(=O)Nc1cc(Nc2cncc(C)c2)c(C(=O)Nc2cccnc2)cn1. The maximum absolute atomic E-state index is 12.8. The minimum Gasteiger partial charge on any atom is -0.353 e. The molecule has 0 unspecified atom stereocenters. The lowest BCUT2D eigenvalue weighted by Crippen LogP contribution is -2.28. The van der Waals surface area contributed by atoms with Crippen LogP contribution in [-0.4, -0.2) is 33.4 Å². The van der Waals surface area contributed by atoms with E-state index in [2.05, 4.69) is 36.2 Å². The van der Waals surface area contributed by atoms with Crippen LogP contribution in [0.2, 0.25) is 0 Å². The first-order valence-corrected chi connectivity index (χ1v) is 9.00. The van der Waals surface area contributed by atoms with Crippen LogP contribution in [0.25, 0.3) is 0 Å². The Morgan fingerprint density at radius 2 is 1.83 bits per heavy atom. The molecule has 0 aliphatic carbocycles. The summed E-state index contributed by atoms with van der Waals surface area (Å²) in [6.45, 7) is 4.22. The van der Waals surface area contributed by atoms with Crippen LogP contribution < -0.4 is 21.3 Å². The van der Waals surface area contributed by atoms with Gasteiger partial charge in [0.1, 0.15) is 5.82 Å². The molecule has 148 valence electrons. The number of nitrogens with zero attached hydrogens (tertiary/aromatic N) is 3. The summed E-state index contributed by atoms with van der Waals surface area (Å²) in [4.78, 5) is 36.9. The van der Waals surface area contributed by atoms with Crippen LogP contribution in [0.1, 0.15) is 22.8 Å². The number of hydrogen-bond donors (Lipinski definition) is 4. The van der Waals surface area contributed by atoms with Crippen molar-refractivity contribution in [1.29, 1.82) is 0 Å². The second-order valence-corrected chi connectivity index (χ2v) is 6.17. The lowest BCUT2D eigenvalue weighted by atomic mass is 10.2. The maximum atomic E-state index is 12.8. The Morgan fingerprint density at radius 1 is 1.00 bits per heavy atom. The molecule has 0 bridgehead atoms. The predicted octanol–water partition coefficient (Wildman–Crippen LogP) is 3.32. The zero-order chi connectivity index (χ0) is 20.6. The van der Waals surface area contributed by atoms with Gasteiger partial charge >= 0.3 is 6.03 Å². The van der Waals surface area contributed by atoms with Gasteiger partial charge < -0.3 is 16.0 Å². The Labute approximate surface area is 168 Å². The first kappa shape index (κ1) is 19.7. The van der Waals surface area contributed by atoms with Crippen molar-refractivity contribution < 1.29 is 9.59 Å². The highest BCUT2D eigenvalue weighted by Gasteiger charge is 2.15. The van der Waals surface area contributed by atoms with Crippen molar-refractivity contribution in [2.24, 2.45) is 0 Å². The number of hydrogen-bond acceptors (Lipinski definition) is 6. The van der Waals surface area contributed by atoms with Crippen LogP contribution in [0.4, 0.5) is 27.7 Å². The third-order valence-electron chi connectivity index (χ3n) is 3.80. The second kappa shape index (κ2) is 9.27. The van der Waals surface area contributed by atoms with Gasteiger partial charge in [0.2, 0.25) is 0 Å². The molecule has 29 heavy (non-hydrogen) atoms. The van der Waals surface area contributed by atoms with Crippen molar-refractivity contribution in [3.8, 4) is 0 Å². The average Bonchev–Trinajstić information content (AvgIpc) is 2.69. The number of nitrogens with one attached hydrogen (secondary N) is 4. The Morgan fingerprint density at radius 3 is 2.55 bits per heavy atom. The lowest BCUT2D eigenvalue weighted by molar-refractivity contribution is 0.102. The molecule has 0 radical (unpaired) electrons. The van der Waals surface area contributed by atoms with Gasteiger partial charge in [-0.3, -0.25) is 20.1 Å². The standard InChI is InChI=1S/C20H21N7O2/c1-3-23-20(29)27-18-8-17(25-15-7-13(2)9-22-11-15)16(12-24-18)19(28)26-14-5-4-6-21-10-14/h4-12H,3H2,1-2H3,(H,26,28)(H3,23,24,25,27,29). The first-order valence-electron chi connectivity index (χ1n) is 9.00. The van der Waals surface area contributed by atoms with Crippen molar-refractivity contribution in [2.75, 3.05) is 22.5 Å². The molecule has 0 aliphatic rings. The maximum Gasteiger partial charge on any atom is 0.320 e. The molecular weight excluding hydrogens is 370 g/mol. The van der Waals surface area contributed by atoms with Gasteiger partial charge in [0.05, 0.1) is 35.0 Å². The van der Waals surface area contributed by atoms with Crippen molar-refractivity contribution in [2.45, 2.75) is 13.8 Å². The van der Waals surface area contributed by atoms with Gasteiger partial charge in [-0.25, -0.2) is 9.78 Å². The molecule has 0 aliphatic heterocycles. The van der Waals surface area contributed by atoms with Crippen LogP contribution >= 0.6 is 0 Å². The molecule has 3 aromatic rings. The minimum atomic E-state index is -0.379. The van der Waals surface area contributed by atoms with Gasteiger partial charge in [0, 0.05) is 31.2 Å². The van der Waals surface area contributed by atoms with Crippen molar-refractivity contribution >= 4 is 34.8 Å². The Hall–Kier alpha value is -4.01. The van der Waals surface area contributed by atoms with Gasteiger partial charge in [0.15, 0.2) is 0 Å². The summed E-state index contributed by atoms with van der Waals surface area (Å²) in [6, 6.07) is 6.57. The van der Waals surface area contributed by atoms with Gasteiger partial charge in [0.25, 0.3) is 5.91 Å². The van der Waals surface area contributed by atoms with Gasteiger partial charge in [-0.2, -0.15) is 0 Å². The molecule has 3 amide bonds. The monoisotopic (exact) mass is 391 g/mol. The molecule has 9 heteroatoms. The van der Waals surface area contributed by atoms with Crippen molar-refractivity contribution in [3.63, 3.8) is 0 Å². The normalized spacial score (nSPS) is 10.1. The number of pyridine rings is 3. The number of carbonyl (C=O) groups excluding carboxylic acids is 2. The summed E-state index contributed by atoms with van der Waals surface area (Å²) < 4.78 is 0. The third-order valence-corrected chi connectivity index (χ3v) is 3.80. The number of amides is 3. The number of rotatable bonds is 6. The quantitative estimate of drug-likeness (QED) is 0.511. The molecule has 0 saturated heterocycles. The highest BCUT2D eigenvalue weighted by molar-refractivity contribution is 6.08. The highest BCUT2D eigenvalue weighted by Crippen LogP contribution is 2.24. The summed E-state index contributed by atoms with van der Waals surface area (Å²) in [5.41, 5.74) is 3.00. The molecule has 0 fully saturated rings. The highest BCUT2D eigenvalue weighted by atomic mass is 16.2. The lowest BCUT2D eigenvalue weighted by Gasteiger charge is -2.14. The van der Waals surface area contributed by atoms with E-state index in [1.807, 2.05) is 19.9 Å². The zero-order valence-electron chi connectivity index (χ0n) is 16.1. The zero-order valence-corrected chi connectivity index (χ0v) is 16.1.